The number of nitrogens with zero attached hydrogens (tertiary/aromatic N) is 2. The quantitative estimate of drug-likeness (QED) is 0.626. The first-order valence-electron chi connectivity index (χ1n) is 2.29. The Morgan fingerprint density at radius 1 is 1.44 bits per heavy atom. The number of anilines is 1. The third kappa shape index (κ3) is 1.74. The second-order valence-electron chi connectivity index (χ2n) is 1.28. The third-order valence-corrected chi connectivity index (χ3v) is 1.00. The van der Waals surface area contributed by atoms with Gasteiger partial charge in [0.2, 0.25) is 5.95 Å². The van der Waals surface area contributed by atoms with Gasteiger partial charge in [0.25, 0.3) is 8.61 Å². The van der Waals surface area contributed by atoms with Crippen molar-refractivity contribution >= 4 is 14.6 Å². The van der Waals surface area contributed by atoms with Gasteiger partial charge in [0.15, 0.2) is 0 Å². The highest BCUT2D eigenvalue weighted by Crippen LogP contribution is 1.99. The zero-order valence-electron chi connectivity index (χ0n) is 4.48. The lowest BCUT2D eigenvalue weighted by molar-refractivity contribution is 0.601. The lowest BCUT2D eigenvalue weighted by Gasteiger charge is -1.89. The molecule has 0 radical (unpaired) electrons. The average molecular weight is 141 g/mol. The van der Waals surface area contributed by atoms with Crippen LogP contribution in [0.15, 0.2) is 18.5 Å². The Bertz CT molecular complexity index is 190. The maximum absolute atomic E-state index is 9.88. The van der Waals surface area contributed by atoms with Gasteiger partial charge in [-0.15, -0.1) is 0 Å². The van der Waals surface area contributed by atoms with Gasteiger partial charge in [0.05, 0.1) is 0 Å². The molecule has 0 spiro atoms. The van der Waals surface area contributed by atoms with Gasteiger partial charge in [-0.2, -0.15) is 0 Å². The fourth-order valence-corrected chi connectivity index (χ4v) is 0.595. The molecule has 0 saturated carbocycles. The maximum atomic E-state index is 9.88. The van der Waals surface area contributed by atoms with E-state index in [-0.39, 0.29) is 8.61 Å². The topological polar surface area (TPSA) is 54.9 Å². The van der Waals surface area contributed by atoms with E-state index in [1.807, 2.05) is 0 Å². The highest BCUT2D eigenvalue weighted by Gasteiger charge is 1.86. The molecule has 0 amide bonds. The van der Waals surface area contributed by atoms with Crippen molar-refractivity contribution in [1.82, 2.24) is 9.97 Å². The van der Waals surface area contributed by atoms with E-state index < -0.39 is 0 Å². The molecule has 0 aliphatic rings. The first-order chi connectivity index (χ1) is 4.43. The van der Waals surface area contributed by atoms with Crippen LogP contribution in [-0.2, 0) is 4.57 Å². The van der Waals surface area contributed by atoms with Gasteiger partial charge in [-0.1, -0.05) is 0 Å². The standard InChI is InChI=1S/C4H4N3OP/c8-9-7-4-5-2-1-3-6-4/h1-3H,(H,5,6,7,8). The molecule has 0 bridgehead atoms. The van der Waals surface area contributed by atoms with E-state index in [1.165, 1.54) is 0 Å². The molecule has 46 valence electrons. The molecule has 1 aromatic rings. The van der Waals surface area contributed by atoms with Crippen LogP contribution < -0.4 is 5.09 Å². The summed E-state index contributed by atoms with van der Waals surface area (Å²) < 4.78 is 9.88. The minimum absolute atomic E-state index is 0.180. The van der Waals surface area contributed by atoms with E-state index in [0.29, 0.717) is 5.95 Å². The van der Waals surface area contributed by atoms with Crippen molar-refractivity contribution in [2.75, 3.05) is 5.09 Å². The molecule has 1 rings (SSSR count). The van der Waals surface area contributed by atoms with Gasteiger partial charge in [0, 0.05) is 12.4 Å². The Labute approximate surface area is 53.6 Å². The van der Waals surface area contributed by atoms with E-state index in [1.54, 1.807) is 18.5 Å². The van der Waals surface area contributed by atoms with E-state index in [2.05, 4.69) is 15.1 Å². The largest absolute Gasteiger partial charge is 0.281 e. The van der Waals surface area contributed by atoms with Crippen LogP contribution in [0, 0.1) is 0 Å². The van der Waals surface area contributed by atoms with Crippen molar-refractivity contribution in [2.45, 2.75) is 0 Å². The lowest BCUT2D eigenvalue weighted by Crippen LogP contribution is -1.87. The van der Waals surface area contributed by atoms with Gasteiger partial charge in [-0.3, -0.25) is 5.09 Å². The van der Waals surface area contributed by atoms with Crippen LogP contribution in [0.1, 0.15) is 0 Å². The van der Waals surface area contributed by atoms with Crippen molar-refractivity contribution in [3.63, 3.8) is 0 Å². The van der Waals surface area contributed by atoms with Crippen LogP contribution in [0.5, 0.6) is 0 Å². The minimum atomic E-state index is -0.180. The third-order valence-electron chi connectivity index (χ3n) is 0.711. The molecule has 0 aromatic carbocycles. The van der Waals surface area contributed by atoms with Crippen molar-refractivity contribution in [3.8, 4) is 0 Å². The number of hydrogen-bond donors (Lipinski definition) is 1. The molecular weight excluding hydrogens is 137 g/mol. The van der Waals surface area contributed by atoms with Gasteiger partial charge in [0.1, 0.15) is 0 Å². The number of aromatic nitrogens is 2. The molecule has 0 aliphatic heterocycles. The molecular formula is C4H4N3OP. The Balaban J connectivity index is 2.72. The Morgan fingerprint density at radius 3 is 2.67 bits per heavy atom. The normalized spacial score (nSPS) is 9.33. The molecule has 1 heterocycles. The highest BCUT2D eigenvalue weighted by molar-refractivity contribution is 7.25. The van der Waals surface area contributed by atoms with Crippen molar-refractivity contribution < 1.29 is 4.57 Å². The summed E-state index contributed by atoms with van der Waals surface area (Å²) >= 11 is 0. The van der Waals surface area contributed by atoms with E-state index in [9.17, 15) is 4.57 Å². The van der Waals surface area contributed by atoms with Crippen LogP contribution in [0.3, 0.4) is 0 Å². The molecule has 4 nitrogen and oxygen atoms in total. The Morgan fingerprint density at radius 2 is 2.11 bits per heavy atom. The lowest BCUT2D eigenvalue weighted by atomic mass is 10.7. The zero-order valence-corrected chi connectivity index (χ0v) is 5.38. The first kappa shape index (κ1) is 6.11. The van der Waals surface area contributed by atoms with Crippen LogP contribution in [0.4, 0.5) is 5.95 Å². The molecule has 0 unspecified atom stereocenters. The number of nitrogens with one attached hydrogen (secondary N) is 1. The van der Waals surface area contributed by atoms with Gasteiger partial charge < -0.3 is 0 Å². The molecule has 5 heteroatoms. The van der Waals surface area contributed by atoms with Crippen molar-refractivity contribution in [1.29, 1.82) is 0 Å². The van der Waals surface area contributed by atoms with Gasteiger partial charge >= 0.3 is 0 Å². The summed E-state index contributed by atoms with van der Waals surface area (Å²) in [4.78, 5) is 7.48. The average Bonchev–Trinajstić information content (AvgIpc) is 1.91. The summed E-state index contributed by atoms with van der Waals surface area (Å²) in [5.74, 6) is 0.370. The van der Waals surface area contributed by atoms with E-state index in [0.717, 1.165) is 0 Å². The number of hydrogen-bond acceptors (Lipinski definition) is 3. The van der Waals surface area contributed by atoms with Gasteiger partial charge in [-0.05, 0) is 6.07 Å². The minimum Gasteiger partial charge on any atom is -0.273 e. The SMILES string of the molecule is O=PNc1ncccn1. The molecule has 0 fully saturated rings. The smallest absolute Gasteiger partial charge is 0.273 e. The van der Waals surface area contributed by atoms with Crippen LogP contribution in [-0.4, -0.2) is 9.97 Å². The molecule has 0 aliphatic carbocycles. The fourth-order valence-electron chi connectivity index (χ4n) is 0.398. The fraction of sp³-hybridized carbons (Fsp3) is 0. The summed E-state index contributed by atoms with van der Waals surface area (Å²) in [6.07, 6.45) is 3.14. The second kappa shape index (κ2) is 3.10. The predicted molar refractivity (Wildman–Crippen MR) is 33.3 cm³/mol. The highest BCUT2D eigenvalue weighted by atomic mass is 31.1. The Kier molecular flexibility index (Phi) is 2.10. The van der Waals surface area contributed by atoms with Crippen molar-refractivity contribution in [3.05, 3.63) is 18.5 Å². The predicted octanol–water partition coefficient (Wildman–Crippen LogP) is 1.10. The van der Waals surface area contributed by atoms with Crippen LogP contribution >= 0.6 is 8.61 Å². The molecule has 0 saturated heterocycles. The summed E-state index contributed by atoms with van der Waals surface area (Å²) in [6.45, 7) is 0. The Hall–Kier alpha value is -1.02. The summed E-state index contributed by atoms with van der Waals surface area (Å²) in [5.41, 5.74) is 0. The summed E-state index contributed by atoms with van der Waals surface area (Å²) in [5, 5.41) is 2.40. The monoisotopic (exact) mass is 141 g/mol. The van der Waals surface area contributed by atoms with Crippen LogP contribution in [0.25, 0.3) is 0 Å². The summed E-state index contributed by atoms with van der Waals surface area (Å²) in [7, 11) is -0.180. The first-order valence-corrected chi connectivity index (χ1v) is 3.10. The maximum Gasteiger partial charge on any atom is 0.281 e. The van der Waals surface area contributed by atoms with Crippen molar-refractivity contribution in [2.24, 2.45) is 0 Å². The summed E-state index contributed by atoms with van der Waals surface area (Å²) in [6, 6.07) is 1.69. The van der Waals surface area contributed by atoms with E-state index >= 15 is 0 Å². The molecule has 0 atom stereocenters. The molecule has 9 heavy (non-hydrogen) atoms. The molecule has 1 N–H and O–H groups in total. The second-order valence-corrected chi connectivity index (χ2v) is 1.68. The zero-order chi connectivity index (χ0) is 6.53. The molecule has 1 aromatic heterocycles. The number of rotatable bonds is 2. The van der Waals surface area contributed by atoms with Gasteiger partial charge in [-0.25, -0.2) is 14.5 Å². The van der Waals surface area contributed by atoms with Crippen LogP contribution in [0.2, 0.25) is 0 Å². The van der Waals surface area contributed by atoms with E-state index in [4.69, 9.17) is 0 Å².